The van der Waals surface area contributed by atoms with Gasteiger partial charge in [-0.15, -0.1) is 0 Å². The van der Waals surface area contributed by atoms with Crippen LogP contribution >= 0.6 is 0 Å². The Morgan fingerprint density at radius 3 is 2.47 bits per heavy atom. The Balaban J connectivity index is 1.94. The molecule has 0 aliphatic heterocycles. The molecule has 3 atom stereocenters. The summed E-state index contributed by atoms with van der Waals surface area (Å²) < 4.78 is 5.10. The molecule has 92 valence electrons. The molecule has 3 nitrogen and oxygen atoms in total. The molecule has 1 aliphatic carbocycles. The van der Waals surface area contributed by atoms with E-state index in [1.54, 1.807) is 7.11 Å². The number of rotatable bonds is 4. The standard InChI is InChI=1S/C14H19NO2/c1-9-8-13(9)14(16)15-10(2)11-4-6-12(17-3)7-5-11/h4-7,9-10,13H,8H2,1-3H3,(H,15,16)/t9-,10+,13-/m1/s1. The number of methoxy groups -OCH3 is 1. The maximum atomic E-state index is 11.8. The van der Waals surface area contributed by atoms with E-state index >= 15 is 0 Å². The van der Waals surface area contributed by atoms with Gasteiger partial charge in [-0.25, -0.2) is 0 Å². The maximum Gasteiger partial charge on any atom is 0.223 e. The monoisotopic (exact) mass is 233 g/mol. The second-order valence-corrected chi connectivity index (χ2v) is 4.82. The normalized spacial score (nSPS) is 23.9. The van der Waals surface area contributed by atoms with Gasteiger partial charge in [-0.2, -0.15) is 0 Å². The van der Waals surface area contributed by atoms with Gasteiger partial charge in [0.25, 0.3) is 0 Å². The van der Waals surface area contributed by atoms with Crippen molar-refractivity contribution in [2.75, 3.05) is 7.11 Å². The first kappa shape index (κ1) is 12.0. The van der Waals surface area contributed by atoms with Crippen LogP contribution in [0.15, 0.2) is 24.3 Å². The first-order valence-electron chi connectivity index (χ1n) is 6.06. The number of ether oxygens (including phenoxy) is 1. The van der Waals surface area contributed by atoms with Crippen molar-refractivity contribution < 1.29 is 9.53 Å². The van der Waals surface area contributed by atoms with Gasteiger partial charge in [0, 0.05) is 5.92 Å². The molecule has 0 spiro atoms. The van der Waals surface area contributed by atoms with Crippen molar-refractivity contribution in [1.29, 1.82) is 0 Å². The molecule has 0 radical (unpaired) electrons. The molecule has 0 aromatic heterocycles. The van der Waals surface area contributed by atoms with Crippen LogP contribution in [-0.2, 0) is 4.79 Å². The van der Waals surface area contributed by atoms with Crippen molar-refractivity contribution in [3.8, 4) is 5.75 Å². The van der Waals surface area contributed by atoms with Gasteiger partial charge in [0.15, 0.2) is 0 Å². The summed E-state index contributed by atoms with van der Waals surface area (Å²) in [7, 11) is 1.65. The third kappa shape index (κ3) is 2.78. The summed E-state index contributed by atoms with van der Waals surface area (Å²) in [6, 6.07) is 7.86. The highest BCUT2D eigenvalue weighted by Crippen LogP contribution is 2.38. The van der Waals surface area contributed by atoms with Crippen LogP contribution in [0.3, 0.4) is 0 Å². The van der Waals surface area contributed by atoms with Crippen LogP contribution in [0.1, 0.15) is 31.9 Å². The third-order valence-corrected chi connectivity index (χ3v) is 3.42. The molecular formula is C14H19NO2. The van der Waals surface area contributed by atoms with Crippen LogP contribution in [-0.4, -0.2) is 13.0 Å². The minimum atomic E-state index is 0.0567. The van der Waals surface area contributed by atoms with Crippen LogP contribution in [0.5, 0.6) is 5.75 Å². The number of carbonyl (C=O) groups excluding carboxylic acids is 1. The topological polar surface area (TPSA) is 38.3 Å². The Morgan fingerprint density at radius 2 is 2.00 bits per heavy atom. The molecule has 17 heavy (non-hydrogen) atoms. The molecule has 1 aliphatic rings. The van der Waals surface area contributed by atoms with Gasteiger partial charge >= 0.3 is 0 Å². The van der Waals surface area contributed by atoms with E-state index in [1.807, 2.05) is 31.2 Å². The average Bonchev–Trinajstić information content (AvgIpc) is 3.06. The molecule has 1 aromatic rings. The fraction of sp³-hybridized carbons (Fsp3) is 0.500. The van der Waals surface area contributed by atoms with Crippen LogP contribution in [0, 0.1) is 11.8 Å². The van der Waals surface area contributed by atoms with Crippen molar-refractivity contribution in [2.45, 2.75) is 26.3 Å². The van der Waals surface area contributed by atoms with Gasteiger partial charge < -0.3 is 10.1 Å². The van der Waals surface area contributed by atoms with E-state index in [9.17, 15) is 4.79 Å². The zero-order chi connectivity index (χ0) is 12.4. The molecular weight excluding hydrogens is 214 g/mol. The number of hydrogen-bond donors (Lipinski definition) is 1. The van der Waals surface area contributed by atoms with Crippen LogP contribution < -0.4 is 10.1 Å². The Morgan fingerprint density at radius 1 is 1.41 bits per heavy atom. The molecule has 0 bridgehead atoms. The van der Waals surface area contributed by atoms with E-state index in [0.717, 1.165) is 17.7 Å². The minimum absolute atomic E-state index is 0.0567. The van der Waals surface area contributed by atoms with Crippen molar-refractivity contribution >= 4 is 5.91 Å². The molecule has 3 heteroatoms. The third-order valence-electron chi connectivity index (χ3n) is 3.42. The second kappa shape index (κ2) is 4.78. The summed E-state index contributed by atoms with van der Waals surface area (Å²) >= 11 is 0. The fourth-order valence-electron chi connectivity index (χ4n) is 1.98. The highest BCUT2D eigenvalue weighted by molar-refractivity contribution is 5.81. The fourth-order valence-corrected chi connectivity index (χ4v) is 1.98. The van der Waals surface area contributed by atoms with E-state index in [1.165, 1.54) is 0 Å². The summed E-state index contributed by atoms with van der Waals surface area (Å²) in [4.78, 5) is 11.8. The maximum absolute atomic E-state index is 11.8. The van der Waals surface area contributed by atoms with E-state index in [0.29, 0.717) is 5.92 Å². The highest BCUT2D eigenvalue weighted by Gasteiger charge is 2.39. The summed E-state index contributed by atoms with van der Waals surface area (Å²) in [5.74, 6) is 1.80. The smallest absolute Gasteiger partial charge is 0.223 e. The van der Waals surface area contributed by atoms with Crippen LogP contribution in [0.4, 0.5) is 0 Å². The minimum Gasteiger partial charge on any atom is -0.497 e. The predicted octanol–water partition coefficient (Wildman–Crippen LogP) is 2.53. The van der Waals surface area contributed by atoms with Crippen molar-refractivity contribution in [1.82, 2.24) is 5.32 Å². The van der Waals surface area contributed by atoms with Gasteiger partial charge in [-0.05, 0) is 37.0 Å². The number of carbonyl (C=O) groups is 1. The lowest BCUT2D eigenvalue weighted by atomic mass is 10.1. The summed E-state index contributed by atoms with van der Waals surface area (Å²) in [5, 5.41) is 3.05. The Kier molecular flexibility index (Phi) is 3.36. The number of benzene rings is 1. The summed E-state index contributed by atoms with van der Waals surface area (Å²) in [6.07, 6.45) is 1.03. The Bertz CT molecular complexity index is 399. The zero-order valence-electron chi connectivity index (χ0n) is 10.6. The first-order chi connectivity index (χ1) is 8.11. The van der Waals surface area contributed by atoms with Crippen LogP contribution in [0.2, 0.25) is 0 Å². The van der Waals surface area contributed by atoms with Crippen molar-refractivity contribution in [2.24, 2.45) is 11.8 Å². The molecule has 1 amide bonds. The molecule has 2 rings (SSSR count). The highest BCUT2D eigenvalue weighted by atomic mass is 16.5. The summed E-state index contributed by atoms with van der Waals surface area (Å²) in [6.45, 7) is 4.12. The molecule has 0 saturated heterocycles. The number of nitrogens with one attached hydrogen (secondary N) is 1. The van der Waals surface area contributed by atoms with Gasteiger partial charge in [0.05, 0.1) is 13.2 Å². The molecule has 0 unspecified atom stereocenters. The molecule has 1 N–H and O–H groups in total. The van der Waals surface area contributed by atoms with Crippen LogP contribution in [0.25, 0.3) is 0 Å². The van der Waals surface area contributed by atoms with E-state index in [4.69, 9.17) is 4.74 Å². The number of hydrogen-bond acceptors (Lipinski definition) is 2. The average molecular weight is 233 g/mol. The quantitative estimate of drug-likeness (QED) is 0.867. The summed E-state index contributed by atoms with van der Waals surface area (Å²) in [5.41, 5.74) is 1.10. The van der Waals surface area contributed by atoms with E-state index in [2.05, 4.69) is 12.2 Å². The Labute approximate surface area is 102 Å². The van der Waals surface area contributed by atoms with Crippen molar-refractivity contribution in [3.05, 3.63) is 29.8 Å². The predicted molar refractivity (Wildman–Crippen MR) is 66.8 cm³/mol. The lowest BCUT2D eigenvalue weighted by Gasteiger charge is -2.14. The SMILES string of the molecule is COc1ccc([C@H](C)NC(=O)[C@@H]2C[C@H]2C)cc1. The van der Waals surface area contributed by atoms with Gasteiger partial charge in [0.1, 0.15) is 5.75 Å². The molecule has 0 heterocycles. The van der Waals surface area contributed by atoms with E-state index in [-0.39, 0.29) is 17.9 Å². The van der Waals surface area contributed by atoms with Crippen molar-refractivity contribution in [3.63, 3.8) is 0 Å². The van der Waals surface area contributed by atoms with Gasteiger partial charge in [-0.3, -0.25) is 4.79 Å². The lowest BCUT2D eigenvalue weighted by molar-refractivity contribution is -0.123. The zero-order valence-corrected chi connectivity index (χ0v) is 10.6. The largest absolute Gasteiger partial charge is 0.497 e. The van der Waals surface area contributed by atoms with Gasteiger partial charge in [-0.1, -0.05) is 19.1 Å². The first-order valence-corrected chi connectivity index (χ1v) is 6.06. The second-order valence-electron chi connectivity index (χ2n) is 4.82. The Hall–Kier alpha value is -1.51. The lowest BCUT2D eigenvalue weighted by Crippen LogP contribution is -2.28. The number of amides is 1. The van der Waals surface area contributed by atoms with Gasteiger partial charge in [0.2, 0.25) is 5.91 Å². The van der Waals surface area contributed by atoms with E-state index < -0.39 is 0 Å². The molecule has 1 aromatic carbocycles. The molecule has 1 saturated carbocycles. The molecule has 1 fully saturated rings.